The van der Waals surface area contributed by atoms with E-state index in [-0.39, 0.29) is 6.61 Å². The summed E-state index contributed by atoms with van der Waals surface area (Å²) < 4.78 is 27.5. The number of benzene rings is 4. The van der Waals surface area contributed by atoms with Crippen LogP contribution in [0.5, 0.6) is 0 Å². The normalized spacial score (nSPS) is 22.6. The SMILES string of the molecule is OC[C@H]1O[C@@H](c2nc3ccccc3s2)[C@H](OCc2ccccc2)[C@@H](OCc2ccccc2)[C@H]1OCc1ccccc1. The molecule has 1 saturated heterocycles. The van der Waals surface area contributed by atoms with E-state index in [4.69, 9.17) is 23.9 Å². The minimum atomic E-state index is -0.631. The van der Waals surface area contributed by atoms with Gasteiger partial charge in [0.2, 0.25) is 0 Å². The molecule has 0 amide bonds. The lowest BCUT2D eigenvalue weighted by Gasteiger charge is -2.45. The fourth-order valence-electron chi connectivity index (χ4n) is 5.15. The maximum atomic E-state index is 10.5. The van der Waals surface area contributed by atoms with E-state index in [1.807, 2.05) is 109 Å². The van der Waals surface area contributed by atoms with Crippen molar-refractivity contribution in [3.8, 4) is 0 Å². The molecule has 0 unspecified atom stereocenters. The van der Waals surface area contributed by atoms with Crippen molar-refractivity contribution in [1.29, 1.82) is 0 Å². The molecule has 1 N–H and O–H groups in total. The summed E-state index contributed by atoms with van der Waals surface area (Å²) in [4.78, 5) is 4.92. The topological polar surface area (TPSA) is 70.0 Å². The summed E-state index contributed by atoms with van der Waals surface area (Å²) in [5, 5.41) is 11.3. The Balaban J connectivity index is 1.35. The predicted molar refractivity (Wildman–Crippen MR) is 159 cm³/mol. The van der Waals surface area contributed by atoms with Crippen LogP contribution in [-0.2, 0) is 38.8 Å². The van der Waals surface area contributed by atoms with E-state index >= 15 is 0 Å². The third kappa shape index (κ3) is 6.73. The monoisotopic (exact) mass is 567 g/mol. The third-order valence-corrected chi connectivity index (χ3v) is 8.32. The van der Waals surface area contributed by atoms with Crippen LogP contribution < -0.4 is 0 Å². The molecule has 7 heteroatoms. The molecule has 0 bridgehead atoms. The molecule has 5 aromatic rings. The van der Waals surface area contributed by atoms with Gasteiger partial charge in [0.15, 0.2) is 0 Å². The summed E-state index contributed by atoms with van der Waals surface area (Å²) in [7, 11) is 0. The molecule has 6 nitrogen and oxygen atoms in total. The second-order valence-corrected chi connectivity index (χ2v) is 11.1. The van der Waals surface area contributed by atoms with E-state index in [0.717, 1.165) is 31.9 Å². The van der Waals surface area contributed by atoms with Gasteiger partial charge in [-0.25, -0.2) is 4.98 Å². The van der Waals surface area contributed by atoms with Gasteiger partial charge in [-0.05, 0) is 28.8 Å². The van der Waals surface area contributed by atoms with Gasteiger partial charge in [-0.15, -0.1) is 11.3 Å². The number of fused-ring (bicyclic) bond motifs is 1. The van der Waals surface area contributed by atoms with Gasteiger partial charge in [0, 0.05) is 0 Å². The average Bonchev–Trinajstić information content (AvgIpc) is 3.47. The van der Waals surface area contributed by atoms with E-state index in [0.29, 0.717) is 19.8 Å². The highest BCUT2D eigenvalue weighted by molar-refractivity contribution is 7.18. The van der Waals surface area contributed by atoms with Crippen LogP contribution in [0.15, 0.2) is 115 Å². The summed E-state index contributed by atoms with van der Waals surface area (Å²) in [6.45, 7) is 0.870. The van der Waals surface area contributed by atoms with Crippen molar-refractivity contribution >= 4 is 21.6 Å². The van der Waals surface area contributed by atoms with E-state index in [1.54, 1.807) is 11.3 Å². The Kier molecular flexibility index (Phi) is 9.12. The molecule has 0 saturated carbocycles. The fourth-order valence-corrected chi connectivity index (χ4v) is 6.19. The van der Waals surface area contributed by atoms with Gasteiger partial charge >= 0.3 is 0 Å². The number of hydrogen-bond acceptors (Lipinski definition) is 7. The summed E-state index contributed by atoms with van der Waals surface area (Å²) in [6.07, 6.45) is -2.83. The zero-order chi connectivity index (χ0) is 27.9. The smallest absolute Gasteiger partial charge is 0.138 e. The molecule has 1 aliphatic rings. The van der Waals surface area contributed by atoms with Crippen LogP contribution in [0.25, 0.3) is 10.2 Å². The number of aliphatic hydroxyl groups is 1. The number of rotatable bonds is 11. The summed E-state index contributed by atoms with van der Waals surface area (Å²) in [5.74, 6) is 0. The van der Waals surface area contributed by atoms with Gasteiger partial charge in [-0.1, -0.05) is 103 Å². The fraction of sp³-hybridized carbons (Fsp3) is 0.265. The number of hydrogen-bond donors (Lipinski definition) is 1. The van der Waals surface area contributed by atoms with Crippen molar-refractivity contribution in [3.63, 3.8) is 0 Å². The second-order valence-electron chi connectivity index (χ2n) is 10.1. The third-order valence-electron chi connectivity index (χ3n) is 7.22. The summed E-state index contributed by atoms with van der Waals surface area (Å²) >= 11 is 1.58. The zero-order valence-corrected chi connectivity index (χ0v) is 23.4. The van der Waals surface area contributed by atoms with E-state index in [1.165, 1.54) is 0 Å². The Morgan fingerprint density at radius 1 is 0.610 bits per heavy atom. The van der Waals surface area contributed by atoms with Crippen LogP contribution in [0.1, 0.15) is 27.8 Å². The lowest BCUT2D eigenvalue weighted by Crippen LogP contribution is -2.58. The number of aromatic nitrogens is 1. The van der Waals surface area contributed by atoms with Crippen LogP contribution in [-0.4, -0.2) is 41.1 Å². The highest BCUT2D eigenvalue weighted by Crippen LogP contribution is 2.40. The average molecular weight is 568 g/mol. The van der Waals surface area contributed by atoms with Crippen LogP contribution in [0.2, 0.25) is 0 Å². The maximum absolute atomic E-state index is 10.5. The molecule has 41 heavy (non-hydrogen) atoms. The van der Waals surface area contributed by atoms with Gasteiger partial charge in [-0.2, -0.15) is 0 Å². The minimum absolute atomic E-state index is 0.225. The standard InChI is InChI=1S/C34H33NO5S/c36-20-28-30(37-21-24-12-4-1-5-13-24)31(38-22-25-14-6-2-7-15-25)32(39-23-26-16-8-3-9-17-26)33(40-28)34-35-27-18-10-11-19-29(27)41-34/h1-19,28,30-33,36H,20-23H2/t28-,30+,31+,32-,33-/m1/s1. The van der Waals surface area contributed by atoms with Crippen molar-refractivity contribution in [2.75, 3.05) is 6.61 Å². The molecule has 210 valence electrons. The van der Waals surface area contributed by atoms with Crippen LogP contribution >= 0.6 is 11.3 Å². The van der Waals surface area contributed by atoms with Gasteiger partial charge in [0.05, 0.1) is 36.6 Å². The Hall–Kier alpha value is -3.43. The number of nitrogens with zero attached hydrogens (tertiary/aromatic N) is 1. The highest BCUT2D eigenvalue weighted by Gasteiger charge is 2.49. The Bertz CT molecular complexity index is 1460. The lowest BCUT2D eigenvalue weighted by molar-refractivity contribution is -0.272. The quantitative estimate of drug-likeness (QED) is 0.197. The van der Waals surface area contributed by atoms with Crippen molar-refractivity contribution in [3.05, 3.63) is 137 Å². The van der Waals surface area contributed by atoms with E-state index < -0.39 is 30.5 Å². The largest absolute Gasteiger partial charge is 0.394 e. The first-order valence-corrected chi connectivity index (χ1v) is 14.7. The van der Waals surface area contributed by atoms with Crippen LogP contribution in [0, 0.1) is 0 Å². The van der Waals surface area contributed by atoms with Crippen LogP contribution in [0.4, 0.5) is 0 Å². The van der Waals surface area contributed by atoms with E-state index in [9.17, 15) is 5.11 Å². The molecule has 0 aliphatic carbocycles. The van der Waals surface area contributed by atoms with Gasteiger partial charge in [0.1, 0.15) is 35.5 Å². The highest BCUT2D eigenvalue weighted by atomic mass is 32.1. The molecule has 6 rings (SSSR count). The number of para-hydroxylation sites is 1. The Morgan fingerprint density at radius 2 is 1.10 bits per heavy atom. The predicted octanol–water partition coefficient (Wildman–Crippen LogP) is 6.48. The van der Waals surface area contributed by atoms with Crippen LogP contribution in [0.3, 0.4) is 0 Å². The number of ether oxygens (including phenoxy) is 4. The molecular weight excluding hydrogens is 534 g/mol. The zero-order valence-electron chi connectivity index (χ0n) is 22.6. The molecule has 4 aromatic carbocycles. The van der Waals surface area contributed by atoms with Crippen molar-refractivity contribution in [2.24, 2.45) is 0 Å². The molecule has 1 aromatic heterocycles. The summed E-state index contributed by atoms with van der Waals surface area (Å²) in [5.41, 5.74) is 4.02. The number of thiazole rings is 1. The second kappa shape index (κ2) is 13.5. The molecule has 5 atom stereocenters. The first-order chi connectivity index (χ1) is 20.3. The molecular formula is C34H33NO5S. The van der Waals surface area contributed by atoms with Crippen molar-refractivity contribution in [2.45, 2.75) is 50.3 Å². The maximum Gasteiger partial charge on any atom is 0.138 e. The van der Waals surface area contributed by atoms with Crippen molar-refractivity contribution < 1.29 is 24.1 Å². The Morgan fingerprint density at radius 3 is 1.63 bits per heavy atom. The first kappa shape index (κ1) is 27.7. The minimum Gasteiger partial charge on any atom is -0.394 e. The number of aliphatic hydroxyl groups excluding tert-OH is 1. The van der Waals surface area contributed by atoms with E-state index in [2.05, 4.69) is 6.07 Å². The van der Waals surface area contributed by atoms with Gasteiger partial charge < -0.3 is 24.1 Å². The molecule has 1 fully saturated rings. The van der Waals surface area contributed by atoms with Crippen molar-refractivity contribution in [1.82, 2.24) is 4.98 Å². The van der Waals surface area contributed by atoms with Gasteiger partial charge in [-0.3, -0.25) is 0 Å². The molecule has 2 heterocycles. The molecule has 1 aliphatic heterocycles. The summed E-state index contributed by atoms with van der Waals surface area (Å²) in [6, 6.07) is 38.1. The van der Waals surface area contributed by atoms with Gasteiger partial charge in [0.25, 0.3) is 0 Å². The lowest BCUT2D eigenvalue weighted by atomic mass is 9.94. The molecule has 0 radical (unpaired) electrons. The molecule has 0 spiro atoms. The Labute approximate surface area is 244 Å². The first-order valence-electron chi connectivity index (χ1n) is 13.9.